The first kappa shape index (κ1) is 11.9. The number of benzene rings is 1. The highest BCUT2D eigenvalue weighted by atomic mass is 14.1. The summed E-state index contributed by atoms with van der Waals surface area (Å²) in [6, 6.07) is 6.73. The van der Waals surface area contributed by atoms with Crippen LogP contribution in [0.1, 0.15) is 37.0 Å². The van der Waals surface area contributed by atoms with Crippen molar-refractivity contribution in [2.45, 2.75) is 34.1 Å². The van der Waals surface area contributed by atoms with Gasteiger partial charge < -0.3 is 0 Å². The molecule has 0 nitrogen and oxygen atoms in total. The second-order valence-corrected chi connectivity index (χ2v) is 4.86. The van der Waals surface area contributed by atoms with Gasteiger partial charge in [-0.1, -0.05) is 42.0 Å². The number of rotatable bonds is 1. The predicted octanol–water partition coefficient (Wildman–Crippen LogP) is 4.98. The third-order valence-corrected chi connectivity index (χ3v) is 3.66. The van der Waals surface area contributed by atoms with Crippen LogP contribution < -0.4 is 0 Å². The second kappa shape index (κ2) is 4.75. The van der Waals surface area contributed by atoms with E-state index in [1.165, 1.54) is 33.4 Å². The van der Waals surface area contributed by atoms with E-state index < -0.39 is 0 Å². The van der Waals surface area contributed by atoms with E-state index in [1.807, 2.05) is 0 Å². The van der Waals surface area contributed by atoms with Gasteiger partial charge in [-0.15, -0.1) is 0 Å². The van der Waals surface area contributed by atoms with Gasteiger partial charge in [-0.25, -0.2) is 0 Å². The molecule has 0 amide bonds. The second-order valence-electron chi connectivity index (χ2n) is 4.86. The first-order chi connectivity index (χ1) is 8.09. The largest absolute Gasteiger partial charge is 0.0801 e. The molecule has 1 aliphatic rings. The molecule has 1 aromatic rings. The van der Waals surface area contributed by atoms with Crippen molar-refractivity contribution in [3.05, 3.63) is 64.3 Å². The summed E-state index contributed by atoms with van der Waals surface area (Å²) in [6.07, 6.45) is 7.83. The zero-order valence-electron chi connectivity index (χ0n) is 11.2. The van der Waals surface area contributed by atoms with Gasteiger partial charge in [0.25, 0.3) is 0 Å². The first-order valence-electron chi connectivity index (χ1n) is 6.22. The fraction of sp³-hybridized carbons (Fsp3) is 0.294. The maximum atomic E-state index is 2.29. The summed E-state index contributed by atoms with van der Waals surface area (Å²) in [5.41, 5.74) is 8.19. The van der Waals surface area contributed by atoms with Crippen molar-refractivity contribution in [2.75, 3.05) is 0 Å². The molecule has 88 valence electrons. The molecule has 0 heteroatoms. The highest BCUT2D eigenvalue weighted by Gasteiger charge is 2.07. The molecular formula is C17H20. The van der Waals surface area contributed by atoms with Crippen molar-refractivity contribution in [3.8, 4) is 0 Å². The van der Waals surface area contributed by atoms with E-state index in [9.17, 15) is 0 Å². The summed E-state index contributed by atoms with van der Waals surface area (Å²) < 4.78 is 0. The minimum absolute atomic E-state index is 1.04. The minimum Gasteiger partial charge on any atom is -0.0801 e. The van der Waals surface area contributed by atoms with Crippen LogP contribution in [-0.4, -0.2) is 0 Å². The van der Waals surface area contributed by atoms with E-state index in [4.69, 9.17) is 0 Å². The Morgan fingerprint density at radius 1 is 0.941 bits per heavy atom. The van der Waals surface area contributed by atoms with Crippen LogP contribution >= 0.6 is 0 Å². The highest BCUT2D eigenvalue weighted by Crippen LogP contribution is 2.28. The molecule has 0 aliphatic heterocycles. The molecule has 0 spiro atoms. The molecule has 0 saturated carbocycles. The van der Waals surface area contributed by atoms with Gasteiger partial charge in [0, 0.05) is 0 Å². The molecule has 1 aliphatic carbocycles. The zero-order valence-corrected chi connectivity index (χ0v) is 11.2. The van der Waals surface area contributed by atoms with E-state index >= 15 is 0 Å². The summed E-state index contributed by atoms with van der Waals surface area (Å²) in [4.78, 5) is 0. The molecule has 2 rings (SSSR count). The Hall–Kier alpha value is -1.56. The zero-order chi connectivity index (χ0) is 12.4. The van der Waals surface area contributed by atoms with Crippen molar-refractivity contribution >= 4 is 5.57 Å². The third kappa shape index (κ3) is 2.41. The maximum Gasteiger partial charge on any atom is -0.0155 e. The lowest BCUT2D eigenvalue weighted by Crippen LogP contribution is -1.90. The fourth-order valence-electron chi connectivity index (χ4n) is 2.14. The van der Waals surface area contributed by atoms with Crippen LogP contribution in [0.3, 0.4) is 0 Å². The number of hydrogen-bond donors (Lipinski definition) is 0. The van der Waals surface area contributed by atoms with Crippen molar-refractivity contribution in [1.29, 1.82) is 0 Å². The van der Waals surface area contributed by atoms with E-state index in [-0.39, 0.29) is 0 Å². The fourth-order valence-corrected chi connectivity index (χ4v) is 2.14. The van der Waals surface area contributed by atoms with Gasteiger partial charge in [0.2, 0.25) is 0 Å². The Bertz CT molecular complexity index is 525. The Morgan fingerprint density at radius 3 is 2.41 bits per heavy atom. The summed E-state index contributed by atoms with van der Waals surface area (Å²) in [6.45, 7) is 8.75. The van der Waals surface area contributed by atoms with Crippen LogP contribution in [0.15, 0.2) is 47.6 Å². The summed E-state index contributed by atoms with van der Waals surface area (Å²) in [7, 11) is 0. The molecule has 0 saturated heterocycles. The molecule has 0 unspecified atom stereocenters. The van der Waals surface area contributed by atoms with Crippen LogP contribution in [0.4, 0.5) is 0 Å². The maximum absolute atomic E-state index is 2.29. The monoisotopic (exact) mass is 224 g/mol. The Labute approximate surface area is 104 Å². The van der Waals surface area contributed by atoms with Crippen molar-refractivity contribution in [2.24, 2.45) is 0 Å². The van der Waals surface area contributed by atoms with E-state index in [0.29, 0.717) is 0 Å². The molecule has 0 heterocycles. The van der Waals surface area contributed by atoms with Gasteiger partial charge in [0.15, 0.2) is 0 Å². The lowest BCUT2D eigenvalue weighted by molar-refractivity contribution is 1.29. The van der Waals surface area contributed by atoms with Crippen LogP contribution in [-0.2, 0) is 0 Å². The number of aryl methyl sites for hydroxylation is 2. The Kier molecular flexibility index (Phi) is 3.33. The quantitative estimate of drug-likeness (QED) is 0.631. The predicted molar refractivity (Wildman–Crippen MR) is 76.0 cm³/mol. The van der Waals surface area contributed by atoms with Gasteiger partial charge in [-0.05, 0) is 62.0 Å². The summed E-state index contributed by atoms with van der Waals surface area (Å²) in [5, 5.41) is 0. The number of allylic oxidation sites excluding steroid dienone is 6. The van der Waals surface area contributed by atoms with Gasteiger partial charge in [0.05, 0.1) is 0 Å². The van der Waals surface area contributed by atoms with Gasteiger partial charge in [-0.2, -0.15) is 0 Å². The normalized spacial score (nSPS) is 15.9. The standard InChI is InChI=1S/C17H20/c1-12-9-10-16(11-14(12)3)17-8-6-5-7-13(2)15(17)4/h6-11H,5H2,1-4H3. The van der Waals surface area contributed by atoms with Crippen LogP contribution in [0.5, 0.6) is 0 Å². The van der Waals surface area contributed by atoms with E-state index in [2.05, 4.69) is 64.1 Å². The highest BCUT2D eigenvalue weighted by molar-refractivity contribution is 5.80. The molecule has 0 aromatic heterocycles. The molecule has 0 N–H and O–H groups in total. The first-order valence-corrected chi connectivity index (χ1v) is 6.22. The molecule has 0 radical (unpaired) electrons. The molecule has 0 atom stereocenters. The molecule has 1 aromatic carbocycles. The van der Waals surface area contributed by atoms with E-state index in [0.717, 1.165) is 6.42 Å². The smallest absolute Gasteiger partial charge is 0.0155 e. The van der Waals surface area contributed by atoms with Gasteiger partial charge >= 0.3 is 0 Å². The van der Waals surface area contributed by atoms with Crippen molar-refractivity contribution in [1.82, 2.24) is 0 Å². The van der Waals surface area contributed by atoms with Crippen molar-refractivity contribution in [3.63, 3.8) is 0 Å². The van der Waals surface area contributed by atoms with Crippen LogP contribution in [0, 0.1) is 13.8 Å². The molecule has 0 bridgehead atoms. The van der Waals surface area contributed by atoms with Crippen molar-refractivity contribution < 1.29 is 0 Å². The average molecular weight is 224 g/mol. The molecule has 17 heavy (non-hydrogen) atoms. The van der Waals surface area contributed by atoms with Crippen LogP contribution in [0.25, 0.3) is 5.57 Å². The summed E-state index contributed by atoms with van der Waals surface area (Å²) >= 11 is 0. The number of hydrogen-bond acceptors (Lipinski definition) is 0. The molecule has 0 fully saturated rings. The van der Waals surface area contributed by atoms with E-state index in [1.54, 1.807) is 0 Å². The SMILES string of the molecule is CC1=CCC=CC(c2ccc(C)c(C)c2)=C1C. The minimum atomic E-state index is 1.04. The molecular weight excluding hydrogens is 204 g/mol. The Morgan fingerprint density at radius 2 is 1.71 bits per heavy atom. The average Bonchev–Trinajstić information content (AvgIpc) is 2.47. The van der Waals surface area contributed by atoms with Gasteiger partial charge in [-0.3, -0.25) is 0 Å². The van der Waals surface area contributed by atoms with Crippen LogP contribution in [0.2, 0.25) is 0 Å². The third-order valence-electron chi connectivity index (χ3n) is 3.66. The lowest BCUT2D eigenvalue weighted by atomic mass is 9.95. The lowest BCUT2D eigenvalue weighted by Gasteiger charge is -2.10. The summed E-state index contributed by atoms with van der Waals surface area (Å²) in [5.74, 6) is 0. The van der Waals surface area contributed by atoms with Gasteiger partial charge in [0.1, 0.15) is 0 Å². The topological polar surface area (TPSA) is 0 Å². The Balaban J connectivity index is 2.55.